The van der Waals surface area contributed by atoms with Crippen LogP contribution in [0.15, 0.2) is 12.4 Å². The molecule has 1 rings (SSSR count). The third kappa shape index (κ3) is 4.02. The van der Waals surface area contributed by atoms with Crippen molar-refractivity contribution in [2.24, 2.45) is 17.1 Å². The molecular weight excluding hydrogens is 204 g/mol. The van der Waals surface area contributed by atoms with Gasteiger partial charge in [-0.25, -0.2) is 0 Å². The third-order valence-electron chi connectivity index (χ3n) is 2.28. The van der Waals surface area contributed by atoms with Crippen molar-refractivity contribution in [2.45, 2.75) is 27.2 Å². The normalized spacial score (nSPS) is 13.5. The van der Waals surface area contributed by atoms with E-state index in [9.17, 15) is 4.79 Å². The predicted molar refractivity (Wildman–Crippen MR) is 63.8 cm³/mol. The Morgan fingerprint density at radius 2 is 2.31 bits per heavy atom. The molecule has 16 heavy (non-hydrogen) atoms. The number of H-pyrrole nitrogens is 1. The monoisotopic (exact) mass is 224 g/mol. The fourth-order valence-electron chi connectivity index (χ4n) is 1.59. The Balaban J connectivity index is 2.56. The van der Waals surface area contributed by atoms with Gasteiger partial charge in [0.2, 0.25) is 5.91 Å². The molecule has 5 nitrogen and oxygen atoms in total. The van der Waals surface area contributed by atoms with Crippen LogP contribution in [0.2, 0.25) is 0 Å². The molecular formula is C11H20N4O. The predicted octanol–water partition coefficient (Wildman–Crippen LogP) is 1.36. The Labute approximate surface area is 95.8 Å². The summed E-state index contributed by atoms with van der Waals surface area (Å²) in [6, 6.07) is 0. The molecule has 0 aromatic carbocycles. The Bertz CT molecular complexity index is 326. The van der Waals surface area contributed by atoms with Gasteiger partial charge in [0.1, 0.15) is 0 Å². The number of hydrogen-bond acceptors (Lipinski definition) is 3. The van der Waals surface area contributed by atoms with E-state index in [1.165, 1.54) is 0 Å². The number of rotatable bonds is 4. The van der Waals surface area contributed by atoms with Crippen LogP contribution in [0, 0.1) is 11.3 Å². The summed E-state index contributed by atoms with van der Waals surface area (Å²) in [6.45, 7) is 6.66. The summed E-state index contributed by atoms with van der Waals surface area (Å²) < 4.78 is 0. The molecule has 0 aliphatic rings. The Hall–Kier alpha value is -1.36. The number of nitrogens with two attached hydrogens (primary N) is 1. The first-order valence-corrected chi connectivity index (χ1v) is 5.42. The molecule has 0 aliphatic carbocycles. The standard InChI is InChI=1S/C11H20N4O/c1-11(2,3)4-8(5-12)10(16)15-9-6-13-14-7-9/h6-8H,4-5,12H2,1-3H3,(H,13,14)(H,15,16). The van der Waals surface area contributed by atoms with Crippen molar-refractivity contribution in [3.8, 4) is 0 Å². The number of amides is 1. The molecule has 1 aromatic rings. The number of anilines is 1. The summed E-state index contributed by atoms with van der Waals surface area (Å²) >= 11 is 0. The average molecular weight is 224 g/mol. The highest BCUT2D eigenvalue weighted by Gasteiger charge is 2.23. The Morgan fingerprint density at radius 1 is 1.62 bits per heavy atom. The number of hydrogen-bond donors (Lipinski definition) is 3. The van der Waals surface area contributed by atoms with Crippen molar-refractivity contribution in [2.75, 3.05) is 11.9 Å². The van der Waals surface area contributed by atoms with E-state index < -0.39 is 0 Å². The van der Waals surface area contributed by atoms with Gasteiger partial charge < -0.3 is 11.1 Å². The topological polar surface area (TPSA) is 83.8 Å². The van der Waals surface area contributed by atoms with E-state index in [1.807, 2.05) is 0 Å². The maximum Gasteiger partial charge on any atom is 0.228 e. The number of carbonyl (C=O) groups is 1. The number of carbonyl (C=O) groups excluding carboxylic acids is 1. The Morgan fingerprint density at radius 3 is 2.75 bits per heavy atom. The molecule has 4 N–H and O–H groups in total. The van der Waals surface area contributed by atoms with Crippen LogP contribution in [0.25, 0.3) is 0 Å². The van der Waals surface area contributed by atoms with Gasteiger partial charge in [0, 0.05) is 12.7 Å². The van der Waals surface area contributed by atoms with E-state index in [2.05, 4.69) is 36.3 Å². The van der Waals surface area contributed by atoms with Crippen molar-refractivity contribution in [1.82, 2.24) is 10.2 Å². The average Bonchev–Trinajstić information content (AvgIpc) is 2.65. The van der Waals surface area contributed by atoms with Gasteiger partial charge in [-0.2, -0.15) is 5.10 Å². The number of aromatic amines is 1. The van der Waals surface area contributed by atoms with E-state index in [4.69, 9.17) is 5.73 Å². The molecule has 0 radical (unpaired) electrons. The highest BCUT2D eigenvalue weighted by Crippen LogP contribution is 2.24. The molecule has 1 heterocycles. The molecule has 0 fully saturated rings. The first-order valence-electron chi connectivity index (χ1n) is 5.42. The smallest absolute Gasteiger partial charge is 0.228 e. The molecule has 1 atom stereocenters. The van der Waals surface area contributed by atoms with Crippen LogP contribution in [0.3, 0.4) is 0 Å². The van der Waals surface area contributed by atoms with Crippen LogP contribution in [0.4, 0.5) is 5.69 Å². The minimum Gasteiger partial charge on any atom is -0.330 e. The zero-order valence-electron chi connectivity index (χ0n) is 10.1. The molecule has 1 amide bonds. The van der Waals surface area contributed by atoms with Crippen LogP contribution < -0.4 is 11.1 Å². The van der Waals surface area contributed by atoms with Crippen molar-refractivity contribution in [3.63, 3.8) is 0 Å². The molecule has 0 spiro atoms. The summed E-state index contributed by atoms with van der Waals surface area (Å²) in [6.07, 6.45) is 3.98. The van der Waals surface area contributed by atoms with E-state index in [0.29, 0.717) is 12.2 Å². The van der Waals surface area contributed by atoms with Gasteiger partial charge in [-0.1, -0.05) is 20.8 Å². The second kappa shape index (κ2) is 5.12. The maximum atomic E-state index is 11.9. The van der Waals surface area contributed by atoms with Gasteiger partial charge in [0.25, 0.3) is 0 Å². The fourth-order valence-corrected chi connectivity index (χ4v) is 1.59. The second-order valence-electron chi connectivity index (χ2n) is 5.17. The lowest BCUT2D eigenvalue weighted by molar-refractivity contribution is -0.120. The molecule has 1 aromatic heterocycles. The first kappa shape index (κ1) is 12.7. The van der Waals surface area contributed by atoms with E-state index in [-0.39, 0.29) is 17.2 Å². The van der Waals surface area contributed by atoms with Gasteiger partial charge in [0.05, 0.1) is 17.8 Å². The first-order chi connectivity index (χ1) is 7.42. The van der Waals surface area contributed by atoms with Gasteiger partial charge in [-0.3, -0.25) is 9.89 Å². The van der Waals surface area contributed by atoms with Crippen LogP contribution >= 0.6 is 0 Å². The van der Waals surface area contributed by atoms with E-state index >= 15 is 0 Å². The molecule has 90 valence electrons. The summed E-state index contributed by atoms with van der Waals surface area (Å²) in [4.78, 5) is 11.9. The lowest BCUT2D eigenvalue weighted by atomic mass is 9.84. The minimum absolute atomic E-state index is 0.0428. The van der Waals surface area contributed by atoms with Gasteiger partial charge >= 0.3 is 0 Å². The SMILES string of the molecule is CC(C)(C)CC(CN)C(=O)Nc1cn[nH]c1. The molecule has 0 aliphatic heterocycles. The fraction of sp³-hybridized carbons (Fsp3) is 0.636. The van der Waals surface area contributed by atoms with Crippen LogP contribution in [-0.2, 0) is 4.79 Å². The third-order valence-corrected chi connectivity index (χ3v) is 2.28. The van der Waals surface area contributed by atoms with Crippen LogP contribution in [-0.4, -0.2) is 22.6 Å². The van der Waals surface area contributed by atoms with Crippen LogP contribution in [0.1, 0.15) is 27.2 Å². The largest absolute Gasteiger partial charge is 0.330 e. The molecule has 5 heteroatoms. The number of nitrogens with zero attached hydrogens (tertiary/aromatic N) is 1. The molecule has 0 bridgehead atoms. The molecule has 0 saturated carbocycles. The maximum absolute atomic E-state index is 11.9. The molecule has 0 saturated heterocycles. The minimum atomic E-state index is -0.158. The van der Waals surface area contributed by atoms with E-state index in [0.717, 1.165) is 6.42 Å². The second-order valence-corrected chi connectivity index (χ2v) is 5.17. The van der Waals surface area contributed by atoms with Gasteiger partial charge in [-0.15, -0.1) is 0 Å². The zero-order valence-corrected chi connectivity index (χ0v) is 10.1. The lowest BCUT2D eigenvalue weighted by Crippen LogP contribution is -2.32. The summed E-state index contributed by atoms with van der Waals surface area (Å²) in [7, 11) is 0. The van der Waals surface area contributed by atoms with Crippen molar-refractivity contribution < 1.29 is 4.79 Å². The number of aromatic nitrogens is 2. The van der Waals surface area contributed by atoms with E-state index in [1.54, 1.807) is 12.4 Å². The van der Waals surface area contributed by atoms with Gasteiger partial charge in [0.15, 0.2) is 0 Å². The zero-order chi connectivity index (χ0) is 12.2. The quantitative estimate of drug-likeness (QED) is 0.722. The summed E-state index contributed by atoms with van der Waals surface area (Å²) in [5.74, 6) is -0.200. The van der Waals surface area contributed by atoms with Crippen molar-refractivity contribution >= 4 is 11.6 Å². The highest BCUT2D eigenvalue weighted by atomic mass is 16.1. The highest BCUT2D eigenvalue weighted by molar-refractivity contribution is 5.92. The summed E-state index contributed by atoms with van der Waals surface area (Å²) in [5.41, 5.74) is 6.40. The summed E-state index contributed by atoms with van der Waals surface area (Å²) in [5, 5.41) is 9.19. The van der Waals surface area contributed by atoms with Gasteiger partial charge in [-0.05, 0) is 11.8 Å². The number of nitrogens with one attached hydrogen (secondary N) is 2. The van der Waals surface area contributed by atoms with Crippen molar-refractivity contribution in [1.29, 1.82) is 0 Å². The molecule has 1 unspecified atom stereocenters. The van der Waals surface area contributed by atoms with Crippen LogP contribution in [0.5, 0.6) is 0 Å². The lowest BCUT2D eigenvalue weighted by Gasteiger charge is -2.24. The van der Waals surface area contributed by atoms with Crippen molar-refractivity contribution in [3.05, 3.63) is 12.4 Å². The Kier molecular flexibility index (Phi) is 4.06.